The predicted molar refractivity (Wildman–Crippen MR) is 131 cm³/mol. The molecule has 34 heavy (non-hydrogen) atoms. The summed E-state index contributed by atoms with van der Waals surface area (Å²) in [6, 6.07) is 20.4. The molecule has 0 fully saturated rings. The van der Waals surface area contributed by atoms with Gasteiger partial charge in [0.25, 0.3) is 5.91 Å². The van der Waals surface area contributed by atoms with Crippen LogP contribution in [0.4, 0.5) is 10.2 Å². The number of benzene rings is 3. The van der Waals surface area contributed by atoms with Gasteiger partial charge in [-0.2, -0.15) is 9.78 Å². The Balaban J connectivity index is 1.58. The Kier molecular flexibility index (Phi) is 5.65. The number of anilines is 1. The van der Waals surface area contributed by atoms with Crippen molar-refractivity contribution in [2.45, 2.75) is 6.54 Å². The molecule has 3 aromatic carbocycles. The van der Waals surface area contributed by atoms with Crippen LogP contribution in [-0.4, -0.2) is 26.8 Å². The van der Waals surface area contributed by atoms with Gasteiger partial charge in [0.2, 0.25) is 0 Å². The van der Waals surface area contributed by atoms with Crippen LogP contribution in [-0.2, 0) is 6.54 Å². The van der Waals surface area contributed by atoms with Gasteiger partial charge in [-0.05, 0) is 47.5 Å². The van der Waals surface area contributed by atoms with Crippen LogP contribution in [0.3, 0.4) is 0 Å². The molecule has 5 aromatic rings. The summed E-state index contributed by atoms with van der Waals surface area (Å²) in [4.78, 5) is 22.5. The summed E-state index contributed by atoms with van der Waals surface area (Å²) < 4.78 is 14.6. The summed E-state index contributed by atoms with van der Waals surface area (Å²) in [5.41, 5.74) is 10.0. The van der Waals surface area contributed by atoms with Crippen LogP contribution in [0.1, 0.15) is 21.5 Å². The summed E-state index contributed by atoms with van der Waals surface area (Å²) in [6.45, 7) is 0.192. The standard InChI is InChI=1S/C25H18ClFN6O/c26-17-5-3-4-16(12-17)14-30-33-23(28)21(25(34)29-13-15-8-10-18(27)11-9-15)22-24(33)32-20-7-2-1-6-19(20)31-22/h1-12,14H,13,28H2,(H,29,34). The molecule has 0 aliphatic carbocycles. The van der Waals surface area contributed by atoms with E-state index in [1.807, 2.05) is 36.4 Å². The van der Waals surface area contributed by atoms with Crippen LogP contribution in [0.2, 0.25) is 5.02 Å². The van der Waals surface area contributed by atoms with E-state index < -0.39 is 5.91 Å². The molecule has 0 radical (unpaired) electrons. The Morgan fingerprint density at radius 1 is 1.06 bits per heavy atom. The lowest BCUT2D eigenvalue weighted by Crippen LogP contribution is -2.23. The zero-order chi connectivity index (χ0) is 23.7. The Bertz CT molecular complexity index is 1560. The first-order valence-electron chi connectivity index (χ1n) is 10.4. The minimum absolute atomic E-state index is 0.0974. The van der Waals surface area contributed by atoms with Gasteiger partial charge in [0, 0.05) is 11.6 Å². The Labute approximate surface area is 198 Å². The van der Waals surface area contributed by atoms with Crippen molar-refractivity contribution in [2.24, 2.45) is 5.10 Å². The summed E-state index contributed by atoms with van der Waals surface area (Å²) in [7, 11) is 0. The molecule has 0 saturated heterocycles. The van der Waals surface area contributed by atoms with Crippen LogP contribution >= 0.6 is 11.6 Å². The zero-order valence-electron chi connectivity index (χ0n) is 17.7. The lowest BCUT2D eigenvalue weighted by atomic mass is 10.2. The molecule has 168 valence electrons. The number of hydrogen-bond acceptors (Lipinski definition) is 5. The summed E-state index contributed by atoms with van der Waals surface area (Å²) in [5.74, 6) is -0.685. The van der Waals surface area contributed by atoms with E-state index in [0.29, 0.717) is 27.2 Å². The molecular formula is C25H18ClFN6O. The molecule has 2 heterocycles. The number of carbonyl (C=O) groups excluding carboxylic acids is 1. The number of carbonyl (C=O) groups is 1. The van der Waals surface area contributed by atoms with E-state index in [0.717, 1.165) is 11.1 Å². The van der Waals surface area contributed by atoms with E-state index in [9.17, 15) is 9.18 Å². The number of rotatable bonds is 5. The minimum Gasteiger partial charge on any atom is -0.383 e. The number of nitrogen functional groups attached to an aromatic ring is 1. The second kappa shape index (κ2) is 8.92. The van der Waals surface area contributed by atoms with Gasteiger partial charge in [0.05, 0.1) is 17.2 Å². The smallest absolute Gasteiger partial charge is 0.257 e. The van der Waals surface area contributed by atoms with Crippen molar-refractivity contribution >= 4 is 51.7 Å². The first-order chi connectivity index (χ1) is 16.5. The van der Waals surface area contributed by atoms with E-state index in [2.05, 4.69) is 20.4 Å². The number of halogens is 2. The Hall–Kier alpha value is -4.30. The third-order valence-corrected chi connectivity index (χ3v) is 5.47. The van der Waals surface area contributed by atoms with Crippen molar-refractivity contribution in [3.63, 3.8) is 0 Å². The molecule has 3 N–H and O–H groups in total. The first kappa shape index (κ1) is 21.5. The van der Waals surface area contributed by atoms with Gasteiger partial charge >= 0.3 is 0 Å². The van der Waals surface area contributed by atoms with Gasteiger partial charge in [-0.3, -0.25) is 4.79 Å². The summed E-state index contributed by atoms with van der Waals surface area (Å²) in [6.07, 6.45) is 1.58. The lowest BCUT2D eigenvalue weighted by molar-refractivity contribution is 0.0953. The fourth-order valence-electron chi connectivity index (χ4n) is 3.57. The molecule has 0 aliphatic rings. The number of nitrogens with one attached hydrogen (secondary N) is 1. The third-order valence-electron chi connectivity index (χ3n) is 5.24. The molecular weight excluding hydrogens is 455 g/mol. The number of para-hydroxylation sites is 2. The molecule has 0 atom stereocenters. The maximum atomic E-state index is 13.2. The highest BCUT2D eigenvalue weighted by Crippen LogP contribution is 2.28. The number of hydrogen-bond donors (Lipinski definition) is 2. The molecule has 0 unspecified atom stereocenters. The lowest BCUT2D eigenvalue weighted by Gasteiger charge is -2.06. The highest BCUT2D eigenvalue weighted by Gasteiger charge is 2.24. The van der Waals surface area contributed by atoms with Gasteiger partial charge in [-0.25, -0.2) is 14.4 Å². The van der Waals surface area contributed by atoms with Crippen molar-refractivity contribution in [2.75, 3.05) is 5.73 Å². The Morgan fingerprint density at radius 3 is 2.53 bits per heavy atom. The van der Waals surface area contributed by atoms with E-state index in [-0.39, 0.29) is 23.7 Å². The van der Waals surface area contributed by atoms with Crippen LogP contribution in [0.15, 0.2) is 77.9 Å². The normalized spacial score (nSPS) is 11.5. The highest BCUT2D eigenvalue weighted by atomic mass is 35.5. The van der Waals surface area contributed by atoms with Crippen LogP contribution in [0.5, 0.6) is 0 Å². The summed E-state index contributed by atoms with van der Waals surface area (Å²) >= 11 is 6.07. The van der Waals surface area contributed by atoms with Crippen molar-refractivity contribution in [1.82, 2.24) is 20.0 Å². The van der Waals surface area contributed by atoms with Gasteiger partial charge < -0.3 is 11.1 Å². The number of fused-ring (bicyclic) bond motifs is 2. The molecule has 0 bridgehead atoms. The summed E-state index contributed by atoms with van der Waals surface area (Å²) in [5, 5.41) is 7.86. The van der Waals surface area contributed by atoms with Gasteiger partial charge in [-0.1, -0.05) is 48.0 Å². The van der Waals surface area contributed by atoms with Gasteiger partial charge in [0.15, 0.2) is 5.65 Å². The first-order valence-corrected chi connectivity index (χ1v) is 10.8. The predicted octanol–water partition coefficient (Wildman–Crippen LogP) is 4.77. The fourth-order valence-corrected chi connectivity index (χ4v) is 3.77. The zero-order valence-corrected chi connectivity index (χ0v) is 18.5. The number of aromatic nitrogens is 3. The van der Waals surface area contributed by atoms with Crippen molar-refractivity contribution in [1.29, 1.82) is 0 Å². The van der Waals surface area contributed by atoms with E-state index in [1.165, 1.54) is 16.8 Å². The van der Waals surface area contributed by atoms with Gasteiger partial charge in [-0.15, -0.1) is 0 Å². The van der Waals surface area contributed by atoms with E-state index >= 15 is 0 Å². The number of nitrogens with zero attached hydrogens (tertiary/aromatic N) is 4. The molecule has 0 spiro atoms. The maximum absolute atomic E-state index is 13.2. The quantitative estimate of drug-likeness (QED) is 0.360. The third kappa shape index (κ3) is 4.18. The molecule has 7 nitrogen and oxygen atoms in total. The second-order valence-corrected chi connectivity index (χ2v) is 8.00. The fraction of sp³-hybridized carbons (Fsp3) is 0.0400. The highest BCUT2D eigenvalue weighted by molar-refractivity contribution is 6.30. The SMILES string of the molecule is Nc1c(C(=O)NCc2ccc(F)cc2)c2nc3ccccc3nc2n1N=Cc1cccc(Cl)c1. The number of nitrogens with two attached hydrogens (primary N) is 1. The maximum Gasteiger partial charge on any atom is 0.257 e. The van der Waals surface area contributed by atoms with Crippen LogP contribution in [0, 0.1) is 5.82 Å². The molecule has 0 saturated carbocycles. The molecule has 0 aliphatic heterocycles. The Morgan fingerprint density at radius 2 is 1.79 bits per heavy atom. The van der Waals surface area contributed by atoms with Crippen molar-refractivity contribution in [3.05, 3.63) is 100 Å². The molecule has 5 rings (SSSR count). The monoisotopic (exact) mass is 472 g/mol. The van der Waals surface area contributed by atoms with E-state index in [1.54, 1.807) is 30.5 Å². The topological polar surface area (TPSA) is 98.2 Å². The molecule has 9 heteroatoms. The second-order valence-electron chi connectivity index (χ2n) is 7.57. The van der Waals surface area contributed by atoms with Gasteiger partial charge in [0.1, 0.15) is 22.7 Å². The number of amides is 1. The molecule has 1 amide bonds. The van der Waals surface area contributed by atoms with Crippen LogP contribution < -0.4 is 11.1 Å². The van der Waals surface area contributed by atoms with Crippen molar-refractivity contribution < 1.29 is 9.18 Å². The average molecular weight is 473 g/mol. The molecule has 2 aromatic heterocycles. The van der Waals surface area contributed by atoms with Crippen LogP contribution in [0.25, 0.3) is 22.2 Å². The largest absolute Gasteiger partial charge is 0.383 e. The van der Waals surface area contributed by atoms with E-state index in [4.69, 9.17) is 17.3 Å². The minimum atomic E-state index is -0.437. The average Bonchev–Trinajstić information content (AvgIpc) is 3.10. The van der Waals surface area contributed by atoms with Crippen molar-refractivity contribution in [3.8, 4) is 0 Å².